The lowest BCUT2D eigenvalue weighted by Gasteiger charge is -2.09. The van der Waals surface area contributed by atoms with Crippen LogP contribution in [0.5, 0.6) is 11.5 Å². The molecule has 2 heteroatoms. The molecule has 0 radical (unpaired) electrons. The summed E-state index contributed by atoms with van der Waals surface area (Å²) >= 11 is 6.05. The fourth-order valence-corrected chi connectivity index (χ4v) is 1.61. The molecule has 2 aromatic carbocycles. The summed E-state index contributed by atoms with van der Waals surface area (Å²) < 4.78 is 5.71. The molecule has 0 heterocycles. The van der Waals surface area contributed by atoms with E-state index >= 15 is 0 Å². The highest BCUT2D eigenvalue weighted by molar-refractivity contribution is 6.32. The summed E-state index contributed by atoms with van der Waals surface area (Å²) in [6.45, 7) is 1.98. The van der Waals surface area contributed by atoms with Crippen LogP contribution in [0.15, 0.2) is 48.5 Å². The monoisotopic (exact) mass is 218 g/mol. The van der Waals surface area contributed by atoms with E-state index in [2.05, 4.69) is 0 Å². The molecule has 0 saturated carbocycles. The standard InChI is InChI=1S/C13H11ClO/c1-10-6-5-9-12(14)13(10)15-11-7-3-2-4-8-11/h2-9H,1H3. The molecule has 0 aromatic heterocycles. The van der Waals surface area contributed by atoms with Crippen LogP contribution in [0.1, 0.15) is 5.56 Å². The second kappa shape index (κ2) is 4.37. The molecule has 0 N–H and O–H groups in total. The first-order valence-corrected chi connectivity index (χ1v) is 5.13. The molecule has 1 nitrogen and oxygen atoms in total. The number of ether oxygens (including phenoxy) is 1. The number of hydrogen-bond acceptors (Lipinski definition) is 1. The Bertz CT molecular complexity index is 431. The number of halogens is 1. The molecule has 0 aliphatic rings. The fraction of sp³-hybridized carbons (Fsp3) is 0.0769. The first-order chi connectivity index (χ1) is 7.27. The van der Waals surface area contributed by atoms with Gasteiger partial charge in [0, 0.05) is 0 Å². The van der Waals surface area contributed by atoms with Gasteiger partial charge >= 0.3 is 0 Å². The van der Waals surface area contributed by atoms with Crippen molar-refractivity contribution >= 4 is 11.6 Å². The Morgan fingerprint density at radius 2 is 1.67 bits per heavy atom. The lowest BCUT2D eigenvalue weighted by molar-refractivity contribution is 0.479. The Morgan fingerprint density at radius 1 is 0.933 bits per heavy atom. The van der Waals surface area contributed by atoms with Crippen LogP contribution >= 0.6 is 11.6 Å². The lowest BCUT2D eigenvalue weighted by Crippen LogP contribution is -1.87. The van der Waals surface area contributed by atoms with Crippen molar-refractivity contribution in [2.24, 2.45) is 0 Å². The minimum Gasteiger partial charge on any atom is -0.456 e. The zero-order chi connectivity index (χ0) is 10.7. The zero-order valence-electron chi connectivity index (χ0n) is 8.41. The highest BCUT2D eigenvalue weighted by Gasteiger charge is 2.05. The van der Waals surface area contributed by atoms with E-state index < -0.39 is 0 Å². The Morgan fingerprint density at radius 3 is 2.33 bits per heavy atom. The first-order valence-electron chi connectivity index (χ1n) is 4.75. The van der Waals surface area contributed by atoms with Gasteiger partial charge < -0.3 is 4.74 Å². The molecule has 2 aromatic rings. The molecule has 0 aliphatic carbocycles. The van der Waals surface area contributed by atoms with Crippen LogP contribution in [-0.2, 0) is 0 Å². The van der Waals surface area contributed by atoms with Gasteiger partial charge in [0.25, 0.3) is 0 Å². The van der Waals surface area contributed by atoms with Gasteiger partial charge in [0.15, 0.2) is 0 Å². The lowest BCUT2D eigenvalue weighted by atomic mass is 10.2. The van der Waals surface area contributed by atoms with E-state index in [1.807, 2.05) is 55.5 Å². The molecule has 15 heavy (non-hydrogen) atoms. The topological polar surface area (TPSA) is 9.23 Å². The predicted molar refractivity (Wildman–Crippen MR) is 62.7 cm³/mol. The minimum absolute atomic E-state index is 0.638. The Hall–Kier alpha value is -1.47. The molecule has 2 rings (SSSR count). The van der Waals surface area contributed by atoms with Crippen molar-refractivity contribution in [3.05, 3.63) is 59.1 Å². The molecule has 0 unspecified atom stereocenters. The molecule has 0 fully saturated rings. The van der Waals surface area contributed by atoms with Crippen molar-refractivity contribution in [1.29, 1.82) is 0 Å². The number of rotatable bonds is 2. The number of para-hydroxylation sites is 2. The van der Waals surface area contributed by atoms with Crippen LogP contribution in [0.25, 0.3) is 0 Å². The Kier molecular flexibility index (Phi) is 2.93. The minimum atomic E-state index is 0.638. The van der Waals surface area contributed by atoms with Crippen molar-refractivity contribution < 1.29 is 4.74 Å². The number of aryl methyl sites for hydroxylation is 1. The summed E-state index contributed by atoms with van der Waals surface area (Å²) in [6.07, 6.45) is 0. The quantitative estimate of drug-likeness (QED) is 0.724. The van der Waals surface area contributed by atoms with Crippen LogP contribution in [-0.4, -0.2) is 0 Å². The van der Waals surface area contributed by atoms with Gasteiger partial charge in [-0.05, 0) is 30.7 Å². The maximum Gasteiger partial charge on any atom is 0.148 e. The highest BCUT2D eigenvalue weighted by atomic mass is 35.5. The predicted octanol–water partition coefficient (Wildman–Crippen LogP) is 4.44. The summed E-state index contributed by atoms with van der Waals surface area (Å²) in [6, 6.07) is 15.3. The largest absolute Gasteiger partial charge is 0.456 e. The highest BCUT2D eigenvalue weighted by Crippen LogP contribution is 2.32. The van der Waals surface area contributed by atoms with Crippen molar-refractivity contribution in [2.75, 3.05) is 0 Å². The molecule has 0 aliphatic heterocycles. The van der Waals surface area contributed by atoms with Crippen molar-refractivity contribution in [2.45, 2.75) is 6.92 Å². The third-order valence-corrected chi connectivity index (χ3v) is 2.42. The third-order valence-electron chi connectivity index (χ3n) is 2.13. The fourth-order valence-electron chi connectivity index (χ4n) is 1.35. The van der Waals surface area contributed by atoms with E-state index in [1.165, 1.54) is 0 Å². The van der Waals surface area contributed by atoms with E-state index in [9.17, 15) is 0 Å². The molecular weight excluding hydrogens is 208 g/mol. The summed E-state index contributed by atoms with van der Waals surface area (Å²) in [4.78, 5) is 0. The van der Waals surface area contributed by atoms with Gasteiger partial charge in [-0.15, -0.1) is 0 Å². The van der Waals surface area contributed by atoms with Gasteiger partial charge in [-0.2, -0.15) is 0 Å². The van der Waals surface area contributed by atoms with Gasteiger partial charge in [0.2, 0.25) is 0 Å². The van der Waals surface area contributed by atoms with Crippen molar-refractivity contribution in [1.82, 2.24) is 0 Å². The first kappa shape index (κ1) is 10.1. The molecular formula is C13H11ClO. The van der Waals surface area contributed by atoms with Gasteiger partial charge in [-0.1, -0.05) is 41.9 Å². The molecule has 0 saturated heterocycles. The van der Waals surface area contributed by atoms with Crippen LogP contribution in [0.4, 0.5) is 0 Å². The third kappa shape index (κ3) is 2.31. The van der Waals surface area contributed by atoms with Crippen molar-refractivity contribution in [3.8, 4) is 11.5 Å². The second-order valence-electron chi connectivity index (χ2n) is 3.30. The SMILES string of the molecule is Cc1cccc(Cl)c1Oc1ccccc1. The molecule has 0 atom stereocenters. The smallest absolute Gasteiger partial charge is 0.148 e. The van der Waals surface area contributed by atoms with Crippen LogP contribution in [0.3, 0.4) is 0 Å². The summed E-state index contributed by atoms with van der Waals surface area (Å²) in [7, 11) is 0. The maximum absolute atomic E-state index is 6.05. The van der Waals surface area contributed by atoms with Gasteiger partial charge in [-0.25, -0.2) is 0 Å². The van der Waals surface area contributed by atoms with E-state index in [-0.39, 0.29) is 0 Å². The maximum atomic E-state index is 6.05. The average Bonchev–Trinajstić information content (AvgIpc) is 2.25. The molecule has 0 amide bonds. The van der Waals surface area contributed by atoms with Gasteiger partial charge in [0.05, 0.1) is 5.02 Å². The molecule has 76 valence electrons. The van der Waals surface area contributed by atoms with E-state index in [0.29, 0.717) is 5.02 Å². The Balaban J connectivity index is 2.32. The molecule has 0 spiro atoms. The van der Waals surface area contributed by atoms with E-state index in [0.717, 1.165) is 17.1 Å². The van der Waals surface area contributed by atoms with Crippen LogP contribution < -0.4 is 4.74 Å². The van der Waals surface area contributed by atoms with E-state index in [1.54, 1.807) is 0 Å². The average molecular weight is 219 g/mol. The summed E-state index contributed by atoms with van der Waals surface area (Å²) in [5.74, 6) is 1.53. The Labute approximate surface area is 94.3 Å². The molecule has 0 bridgehead atoms. The van der Waals surface area contributed by atoms with Crippen LogP contribution in [0.2, 0.25) is 5.02 Å². The normalized spacial score (nSPS) is 10.0. The van der Waals surface area contributed by atoms with Gasteiger partial charge in [-0.3, -0.25) is 0 Å². The summed E-state index contributed by atoms with van der Waals surface area (Å²) in [5.41, 5.74) is 1.03. The van der Waals surface area contributed by atoms with Crippen LogP contribution in [0, 0.1) is 6.92 Å². The number of hydrogen-bond donors (Lipinski definition) is 0. The number of benzene rings is 2. The second-order valence-corrected chi connectivity index (χ2v) is 3.71. The summed E-state index contributed by atoms with van der Waals surface area (Å²) in [5, 5.41) is 0.638. The zero-order valence-corrected chi connectivity index (χ0v) is 9.16. The van der Waals surface area contributed by atoms with Gasteiger partial charge in [0.1, 0.15) is 11.5 Å². The van der Waals surface area contributed by atoms with E-state index in [4.69, 9.17) is 16.3 Å². The van der Waals surface area contributed by atoms with Crippen molar-refractivity contribution in [3.63, 3.8) is 0 Å².